The zero-order valence-electron chi connectivity index (χ0n) is 11.6. The molecule has 0 aliphatic rings. The van der Waals surface area contributed by atoms with E-state index in [-0.39, 0.29) is 17.2 Å². The van der Waals surface area contributed by atoms with Crippen LogP contribution < -0.4 is 0 Å². The second kappa shape index (κ2) is 7.20. The Kier molecular flexibility index (Phi) is 5.90. The molecule has 0 saturated heterocycles. The molecular formula is C12H19N3O4S. The van der Waals surface area contributed by atoms with Gasteiger partial charge in [-0.15, -0.1) is 6.58 Å². The molecule has 0 unspecified atom stereocenters. The van der Waals surface area contributed by atoms with Crippen LogP contribution >= 0.6 is 0 Å². The number of hydrogen-bond acceptors (Lipinski definition) is 5. The van der Waals surface area contributed by atoms with E-state index in [2.05, 4.69) is 16.8 Å². The number of allylic oxidation sites excluding steroid dienone is 1. The molecule has 0 aromatic carbocycles. The van der Waals surface area contributed by atoms with Crippen molar-refractivity contribution in [3.05, 3.63) is 24.4 Å². The van der Waals surface area contributed by atoms with Crippen LogP contribution in [-0.4, -0.2) is 49.1 Å². The summed E-state index contributed by atoms with van der Waals surface area (Å²) in [6, 6.07) is 0. The Morgan fingerprint density at radius 2 is 2.30 bits per heavy atom. The first-order chi connectivity index (χ1) is 9.45. The van der Waals surface area contributed by atoms with Crippen LogP contribution in [0.4, 0.5) is 0 Å². The molecule has 0 saturated carbocycles. The minimum Gasteiger partial charge on any atom is -0.462 e. The topological polar surface area (TPSA) is 92.4 Å². The molecule has 1 rings (SSSR count). The predicted octanol–water partition coefficient (Wildman–Crippen LogP) is 1.17. The fourth-order valence-corrected chi connectivity index (χ4v) is 2.82. The number of carbonyl (C=O) groups excluding carboxylic acids is 1. The van der Waals surface area contributed by atoms with Gasteiger partial charge in [0.2, 0.25) is 0 Å². The average Bonchev–Trinajstić information content (AvgIpc) is 2.89. The van der Waals surface area contributed by atoms with Gasteiger partial charge in [0.05, 0.1) is 12.8 Å². The number of unbranched alkanes of at least 4 members (excludes halogenated alkanes) is 1. The standard InChI is InChI=1S/C12H19N3O4S/c1-4-6-7-8-15(3)20(17,18)11-10(9-13-14-11)12(16)19-5-2/h4,9H,1,5-8H2,2-3H3,(H,13,14). The lowest BCUT2D eigenvalue weighted by atomic mass is 10.3. The molecule has 0 amide bonds. The Labute approximate surface area is 118 Å². The maximum absolute atomic E-state index is 12.3. The van der Waals surface area contributed by atoms with Crippen molar-refractivity contribution in [1.29, 1.82) is 0 Å². The van der Waals surface area contributed by atoms with Gasteiger partial charge in [-0.2, -0.15) is 9.40 Å². The molecule has 0 radical (unpaired) electrons. The number of nitrogens with one attached hydrogen (secondary N) is 1. The molecule has 0 aliphatic carbocycles. The number of H-pyrrole nitrogens is 1. The molecule has 112 valence electrons. The summed E-state index contributed by atoms with van der Waals surface area (Å²) in [6.45, 7) is 5.72. The van der Waals surface area contributed by atoms with Gasteiger partial charge < -0.3 is 4.74 Å². The highest BCUT2D eigenvalue weighted by atomic mass is 32.2. The van der Waals surface area contributed by atoms with E-state index >= 15 is 0 Å². The zero-order valence-corrected chi connectivity index (χ0v) is 12.4. The molecule has 20 heavy (non-hydrogen) atoms. The Morgan fingerprint density at radius 3 is 2.90 bits per heavy atom. The minimum atomic E-state index is -3.79. The smallest absolute Gasteiger partial charge is 0.342 e. The van der Waals surface area contributed by atoms with E-state index in [1.807, 2.05) is 0 Å². The Balaban J connectivity index is 2.95. The molecular weight excluding hydrogens is 282 g/mol. The van der Waals surface area contributed by atoms with Crippen LogP contribution in [0.25, 0.3) is 0 Å². The monoisotopic (exact) mass is 301 g/mol. The van der Waals surface area contributed by atoms with Crippen molar-refractivity contribution in [3.63, 3.8) is 0 Å². The second-order valence-electron chi connectivity index (χ2n) is 4.09. The zero-order chi connectivity index (χ0) is 15.2. The van der Waals surface area contributed by atoms with Crippen LogP contribution in [0, 0.1) is 0 Å². The summed E-state index contributed by atoms with van der Waals surface area (Å²) in [7, 11) is -2.34. The number of rotatable bonds is 8. The molecule has 0 fully saturated rings. The van der Waals surface area contributed by atoms with Crippen LogP contribution in [-0.2, 0) is 14.8 Å². The third-order valence-corrected chi connectivity index (χ3v) is 4.48. The summed E-state index contributed by atoms with van der Waals surface area (Å²) >= 11 is 0. The van der Waals surface area contributed by atoms with Gasteiger partial charge in [0.15, 0.2) is 5.03 Å². The molecule has 1 aromatic heterocycles. The molecule has 1 N–H and O–H groups in total. The number of sulfonamides is 1. The highest BCUT2D eigenvalue weighted by Gasteiger charge is 2.29. The molecule has 0 bridgehead atoms. The summed E-state index contributed by atoms with van der Waals surface area (Å²) < 4.78 is 30.7. The van der Waals surface area contributed by atoms with Crippen molar-refractivity contribution in [1.82, 2.24) is 14.5 Å². The Bertz CT molecular complexity index is 565. The van der Waals surface area contributed by atoms with Crippen molar-refractivity contribution in [2.24, 2.45) is 0 Å². The van der Waals surface area contributed by atoms with Crippen LogP contribution in [0.5, 0.6) is 0 Å². The summed E-state index contributed by atoms with van der Waals surface area (Å²) in [5.74, 6) is -0.709. The number of ether oxygens (including phenoxy) is 1. The van der Waals surface area contributed by atoms with Crippen LogP contribution in [0.3, 0.4) is 0 Å². The lowest BCUT2D eigenvalue weighted by Crippen LogP contribution is -2.29. The quantitative estimate of drug-likeness (QED) is 0.442. The average molecular weight is 301 g/mol. The van der Waals surface area contributed by atoms with E-state index in [4.69, 9.17) is 4.74 Å². The van der Waals surface area contributed by atoms with Gasteiger partial charge in [0, 0.05) is 13.6 Å². The first kappa shape index (κ1) is 16.4. The van der Waals surface area contributed by atoms with E-state index in [9.17, 15) is 13.2 Å². The number of esters is 1. The van der Waals surface area contributed by atoms with Gasteiger partial charge in [-0.05, 0) is 19.8 Å². The summed E-state index contributed by atoms with van der Waals surface area (Å²) in [5, 5.41) is 5.74. The Hall–Kier alpha value is -1.67. The maximum atomic E-state index is 12.3. The number of nitrogens with zero attached hydrogens (tertiary/aromatic N) is 2. The lowest BCUT2D eigenvalue weighted by Gasteiger charge is -2.16. The van der Waals surface area contributed by atoms with E-state index < -0.39 is 16.0 Å². The van der Waals surface area contributed by atoms with E-state index in [1.165, 1.54) is 11.4 Å². The molecule has 8 heteroatoms. The van der Waals surface area contributed by atoms with E-state index in [0.29, 0.717) is 19.4 Å². The van der Waals surface area contributed by atoms with Crippen LogP contribution in [0.1, 0.15) is 30.1 Å². The SMILES string of the molecule is C=CCCCN(C)S(=O)(=O)c1[nH]ncc1C(=O)OCC. The molecule has 1 heterocycles. The van der Waals surface area contributed by atoms with Gasteiger partial charge in [-0.1, -0.05) is 6.08 Å². The second-order valence-corrected chi connectivity index (χ2v) is 6.07. The van der Waals surface area contributed by atoms with Crippen molar-refractivity contribution >= 4 is 16.0 Å². The summed E-state index contributed by atoms with van der Waals surface area (Å²) in [4.78, 5) is 11.7. The summed E-state index contributed by atoms with van der Waals surface area (Å²) in [5.41, 5.74) is -0.0811. The van der Waals surface area contributed by atoms with Gasteiger partial charge in [-0.25, -0.2) is 13.2 Å². The number of carbonyl (C=O) groups is 1. The molecule has 1 aromatic rings. The molecule has 0 spiro atoms. The van der Waals surface area contributed by atoms with Crippen LogP contribution in [0.2, 0.25) is 0 Å². The van der Waals surface area contributed by atoms with E-state index in [1.54, 1.807) is 13.0 Å². The van der Waals surface area contributed by atoms with Gasteiger partial charge in [0.25, 0.3) is 10.0 Å². The van der Waals surface area contributed by atoms with Crippen LogP contribution in [0.15, 0.2) is 23.9 Å². The van der Waals surface area contributed by atoms with Crippen molar-refractivity contribution in [2.75, 3.05) is 20.2 Å². The normalized spacial score (nSPS) is 11.6. The fourth-order valence-electron chi connectivity index (χ4n) is 1.56. The predicted molar refractivity (Wildman–Crippen MR) is 73.8 cm³/mol. The number of aromatic amines is 1. The first-order valence-corrected chi connectivity index (χ1v) is 7.66. The fraction of sp³-hybridized carbons (Fsp3) is 0.500. The highest BCUT2D eigenvalue weighted by molar-refractivity contribution is 7.89. The van der Waals surface area contributed by atoms with Crippen molar-refractivity contribution in [3.8, 4) is 0 Å². The molecule has 0 atom stereocenters. The third-order valence-electron chi connectivity index (χ3n) is 2.65. The third kappa shape index (κ3) is 3.67. The maximum Gasteiger partial charge on any atom is 0.342 e. The van der Waals surface area contributed by atoms with Gasteiger partial charge in [-0.3, -0.25) is 5.10 Å². The van der Waals surface area contributed by atoms with E-state index in [0.717, 1.165) is 6.20 Å². The van der Waals surface area contributed by atoms with Gasteiger partial charge >= 0.3 is 5.97 Å². The number of hydrogen-bond donors (Lipinski definition) is 1. The summed E-state index contributed by atoms with van der Waals surface area (Å²) in [6.07, 6.45) is 4.25. The Morgan fingerprint density at radius 1 is 1.60 bits per heavy atom. The van der Waals surface area contributed by atoms with Gasteiger partial charge in [0.1, 0.15) is 5.56 Å². The molecule has 7 nitrogen and oxygen atoms in total. The lowest BCUT2D eigenvalue weighted by molar-refractivity contribution is 0.0521. The first-order valence-electron chi connectivity index (χ1n) is 6.22. The number of aromatic nitrogens is 2. The van der Waals surface area contributed by atoms with Crippen molar-refractivity contribution < 1.29 is 17.9 Å². The largest absolute Gasteiger partial charge is 0.462 e. The highest BCUT2D eigenvalue weighted by Crippen LogP contribution is 2.17. The molecule has 0 aliphatic heterocycles. The minimum absolute atomic E-state index is 0.0811. The van der Waals surface area contributed by atoms with Crippen molar-refractivity contribution in [2.45, 2.75) is 24.8 Å².